The lowest BCUT2D eigenvalue weighted by atomic mass is 10.1. The van der Waals surface area contributed by atoms with Crippen LogP contribution < -0.4 is 10.2 Å². The van der Waals surface area contributed by atoms with E-state index < -0.39 is 17.1 Å². The number of cyclic esters (lactones) is 1. The van der Waals surface area contributed by atoms with Crippen molar-refractivity contribution in [2.75, 3.05) is 18.0 Å². The van der Waals surface area contributed by atoms with Crippen LogP contribution in [0.5, 0.6) is 0 Å². The lowest BCUT2D eigenvalue weighted by Gasteiger charge is -2.13. The van der Waals surface area contributed by atoms with Gasteiger partial charge in [-0.1, -0.05) is 0 Å². The molecule has 11 heteroatoms. The smallest absolute Gasteiger partial charge is 0.414 e. The fourth-order valence-corrected chi connectivity index (χ4v) is 3.34. The molecule has 3 aromatic rings. The van der Waals surface area contributed by atoms with Gasteiger partial charge in [-0.2, -0.15) is 0 Å². The number of ether oxygens (including phenoxy) is 1. The summed E-state index contributed by atoms with van der Waals surface area (Å²) in [5.74, 6) is -0.581. The third-order valence-electron chi connectivity index (χ3n) is 4.84. The predicted octanol–water partition coefficient (Wildman–Crippen LogP) is 1.93. The minimum absolute atomic E-state index is 0.0810. The second kappa shape index (κ2) is 7.86. The highest BCUT2D eigenvalue weighted by molar-refractivity contribution is 6.08. The van der Waals surface area contributed by atoms with Crippen LogP contribution in [-0.2, 0) is 9.53 Å². The molecule has 1 atom stereocenters. The molecule has 1 aliphatic heterocycles. The number of nitrogens with one attached hydrogen (secondary N) is 1. The number of carbonyl (C=O) groups excluding carboxylic acids is 3. The molecule has 0 saturated carbocycles. The Kier molecular flexibility index (Phi) is 5.07. The van der Waals surface area contributed by atoms with Crippen LogP contribution in [0.25, 0.3) is 5.65 Å². The van der Waals surface area contributed by atoms with Gasteiger partial charge in [0.15, 0.2) is 0 Å². The quantitative estimate of drug-likeness (QED) is 0.363. The molecule has 1 aliphatic rings. The number of rotatable bonds is 6. The summed E-state index contributed by atoms with van der Waals surface area (Å²) < 4.78 is 6.61. The number of imidazole rings is 1. The molecule has 158 valence electrons. The molecular formula is C20H17N5O6. The minimum Gasteiger partial charge on any atom is -0.442 e. The molecule has 4 rings (SSSR count). The van der Waals surface area contributed by atoms with Gasteiger partial charge in [0.2, 0.25) is 17.3 Å². The Bertz CT molecular complexity index is 1200. The molecule has 31 heavy (non-hydrogen) atoms. The molecule has 0 aliphatic carbocycles. The van der Waals surface area contributed by atoms with Gasteiger partial charge >= 0.3 is 11.8 Å². The van der Waals surface area contributed by atoms with Gasteiger partial charge in [0.25, 0.3) is 0 Å². The SMILES string of the molecule is CC(=O)NC[C@H]1CN(c2ccc(C(=O)c3cnc4c([N+](=O)[O-])cccn34)cc2)C(=O)O1. The third-order valence-corrected chi connectivity index (χ3v) is 4.84. The fourth-order valence-electron chi connectivity index (χ4n) is 3.34. The summed E-state index contributed by atoms with van der Waals surface area (Å²) in [6.45, 7) is 1.87. The average Bonchev–Trinajstić information content (AvgIpc) is 3.35. The van der Waals surface area contributed by atoms with Crippen LogP contribution in [0, 0.1) is 10.1 Å². The Balaban J connectivity index is 1.54. The maximum atomic E-state index is 12.9. The number of nitrogens with zero attached hydrogens (tertiary/aromatic N) is 4. The molecule has 0 spiro atoms. The number of anilines is 1. The summed E-state index contributed by atoms with van der Waals surface area (Å²) >= 11 is 0. The van der Waals surface area contributed by atoms with Crippen molar-refractivity contribution in [3.05, 3.63) is 70.2 Å². The van der Waals surface area contributed by atoms with Gasteiger partial charge < -0.3 is 10.1 Å². The zero-order valence-electron chi connectivity index (χ0n) is 16.3. The maximum absolute atomic E-state index is 12.9. The summed E-state index contributed by atoms with van der Waals surface area (Å²) in [7, 11) is 0. The molecule has 11 nitrogen and oxygen atoms in total. The molecule has 3 heterocycles. The van der Waals surface area contributed by atoms with Crippen LogP contribution in [0.2, 0.25) is 0 Å². The van der Waals surface area contributed by atoms with Crippen LogP contribution in [0.4, 0.5) is 16.2 Å². The van der Waals surface area contributed by atoms with Gasteiger partial charge in [-0.15, -0.1) is 0 Å². The van der Waals surface area contributed by atoms with E-state index in [0.717, 1.165) is 0 Å². The van der Waals surface area contributed by atoms with E-state index in [2.05, 4.69) is 10.3 Å². The van der Waals surface area contributed by atoms with Crippen molar-refractivity contribution in [3.8, 4) is 0 Å². The van der Waals surface area contributed by atoms with Gasteiger partial charge in [-0.05, 0) is 30.3 Å². The third kappa shape index (κ3) is 3.80. The molecule has 0 unspecified atom stereocenters. The van der Waals surface area contributed by atoms with Gasteiger partial charge in [0.1, 0.15) is 11.8 Å². The molecule has 1 saturated heterocycles. The first-order chi connectivity index (χ1) is 14.8. The van der Waals surface area contributed by atoms with Crippen LogP contribution in [0.3, 0.4) is 0 Å². The van der Waals surface area contributed by atoms with Crippen LogP contribution in [0.1, 0.15) is 23.0 Å². The van der Waals surface area contributed by atoms with E-state index in [4.69, 9.17) is 4.74 Å². The highest BCUT2D eigenvalue weighted by atomic mass is 16.6. The number of benzene rings is 1. The highest BCUT2D eigenvalue weighted by Crippen LogP contribution is 2.24. The number of hydrogen-bond acceptors (Lipinski definition) is 7. The second-order valence-corrected chi connectivity index (χ2v) is 6.92. The zero-order valence-corrected chi connectivity index (χ0v) is 16.3. The molecule has 2 amide bonds. The number of aromatic nitrogens is 2. The lowest BCUT2D eigenvalue weighted by Crippen LogP contribution is -2.33. The number of nitro groups is 1. The first-order valence-corrected chi connectivity index (χ1v) is 9.33. The Hall–Kier alpha value is -4.28. The Morgan fingerprint density at radius 3 is 2.71 bits per heavy atom. The Labute approximate surface area is 175 Å². The first kappa shape index (κ1) is 20.0. The molecule has 0 radical (unpaired) electrons. The molecule has 0 bridgehead atoms. The fraction of sp³-hybridized carbons (Fsp3) is 0.200. The van der Waals surface area contributed by atoms with Crippen molar-refractivity contribution in [2.45, 2.75) is 13.0 Å². The lowest BCUT2D eigenvalue weighted by molar-refractivity contribution is -0.383. The largest absolute Gasteiger partial charge is 0.442 e. The molecule has 2 aromatic heterocycles. The monoisotopic (exact) mass is 423 g/mol. The zero-order chi connectivity index (χ0) is 22.1. The van der Waals surface area contributed by atoms with Crippen molar-refractivity contribution in [2.24, 2.45) is 0 Å². The van der Waals surface area contributed by atoms with Gasteiger partial charge in [-0.3, -0.25) is 29.0 Å². The highest BCUT2D eigenvalue weighted by Gasteiger charge is 2.32. The van der Waals surface area contributed by atoms with E-state index in [-0.39, 0.29) is 41.8 Å². The molecule has 1 fully saturated rings. The summed E-state index contributed by atoms with van der Waals surface area (Å²) in [5, 5.41) is 13.8. The summed E-state index contributed by atoms with van der Waals surface area (Å²) in [6.07, 6.45) is 1.82. The summed E-state index contributed by atoms with van der Waals surface area (Å²) in [5.41, 5.74) is 0.943. The summed E-state index contributed by atoms with van der Waals surface area (Å²) in [6, 6.07) is 9.14. The number of ketones is 1. The number of carbonyl (C=O) groups is 3. The van der Waals surface area contributed by atoms with E-state index in [0.29, 0.717) is 11.3 Å². The normalized spacial score (nSPS) is 15.7. The van der Waals surface area contributed by atoms with E-state index in [1.165, 1.54) is 40.8 Å². The molecule has 1 N–H and O–H groups in total. The first-order valence-electron chi connectivity index (χ1n) is 9.33. The van der Waals surface area contributed by atoms with Gasteiger partial charge in [0.05, 0.1) is 24.2 Å². The number of hydrogen-bond donors (Lipinski definition) is 1. The van der Waals surface area contributed by atoms with Crippen molar-refractivity contribution in [1.29, 1.82) is 0 Å². The van der Waals surface area contributed by atoms with Crippen LogP contribution in [0.15, 0.2) is 48.8 Å². The van der Waals surface area contributed by atoms with Gasteiger partial charge in [-0.25, -0.2) is 9.78 Å². The van der Waals surface area contributed by atoms with Crippen molar-refractivity contribution >= 4 is 34.8 Å². The maximum Gasteiger partial charge on any atom is 0.414 e. The second-order valence-electron chi connectivity index (χ2n) is 6.92. The molecule has 1 aromatic carbocycles. The molecular weight excluding hydrogens is 406 g/mol. The topological polar surface area (TPSA) is 136 Å². The number of amides is 2. The van der Waals surface area contributed by atoms with Crippen LogP contribution >= 0.6 is 0 Å². The van der Waals surface area contributed by atoms with Crippen molar-refractivity contribution in [1.82, 2.24) is 14.7 Å². The number of fused-ring (bicyclic) bond motifs is 1. The summed E-state index contributed by atoms with van der Waals surface area (Å²) in [4.78, 5) is 52.1. The number of pyridine rings is 1. The standard InChI is InChI=1S/C20H17N5O6/c1-12(26)21-9-15-11-24(20(28)31-15)14-6-4-13(5-7-14)18(27)17-10-22-19-16(25(29)30)3-2-8-23(17)19/h2-8,10,15H,9,11H2,1H3,(H,21,26)/t15-/m0/s1. The minimum atomic E-state index is -0.556. The van der Waals surface area contributed by atoms with Crippen molar-refractivity contribution in [3.63, 3.8) is 0 Å². The predicted molar refractivity (Wildman–Crippen MR) is 108 cm³/mol. The van der Waals surface area contributed by atoms with Crippen molar-refractivity contribution < 1.29 is 24.0 Å². The van der Waals surface area contributed by atoms with E-state index >= 15 is 0 Å². The van der Waals surface area contributed by atoms with Gasteiger partial charge in [0, 0.05) is 30.4 Å². The average molecular weight is 423 g/mol. The van der Waals surface area contributed by atoms with E-state index in [9.17, 15) is 24.5 Å². The van der Waals surface area contributed by atoms with Crippen LogP contribution in [-0.4, -0.2) is 51.3 Å². The Morgan fingerprint density at radius 1 is 1.29 bits per heavy atom. The van der Waals surface area contributed by atoms with E-state index in [1.54, 1.807) is 24.3 Å². The van der Waals surface area contributed by atoms with E-state index in [1.807, 2.05) is 0 Å². The Morgan fingerprint density at radius 2 is 2.03 bits per heavy atom.